The lowest BCUT2D eigenvalue weighted by Gasteiger charge is -2.37. The number of amides is 1. The topological polar surface area (TPSA) is 80.5 Å². The van der Waals surface area contributed by atoms with Crippen molar-refractivity contribution in [1.82, 2.24) is 4.90 Å². The van der Waals surface area contributed by atoms with E-state index in [-0.39, 0.29) is 24.2 Å². The van der Waals surface area contributed by atoms with Crippen LogP contribution in [0.25, 0.3) is 0 Å². The monoisotopic (exact) mass is 296 g/mol. The van der Waals surface area contributed by atoms with E-state index in [1.807, 2.05) is 12.1 Å². The molecule has 0 saturated carbocycles. The van der Waals surface area contributed by atoms with Crippen LogP contribution in [-0.2, 0) is 16.4 Å². The number of benzene rings is 1. The second-order valence-electron chi connectivity index (χ2n) is 5.21. The van der Waals surface area contributed by atoms with Crippen LogP contribution in [0, 0.1) is 0 Å². The summed E-state index contributed by atoms with van der Waals surface area (Å²) in [6.45, 7) is 4.14. The molecule has 5 nitrogen and oxygen atoms in total. The Morgan fingerprint density at radius 2 is 1.90 bits per heavy atom. The highest BCUT2D eigenvalue weighted by Gasteiger charge is 2.38. The Bertz CT molecular complexity index is 595. The Morgan fingerprint density at radius 1 is 1.30 bits per heavy atom. The highest BCUT2D eigenvalue weighted by molar-refractivity contribution is 7.92. The first-order chi connectivity index (χ1) is 9.36. The number of nitrogens with two attached hydrogens (primary N) is 1. The van der Waals surface area contributed by atoms with Gasteiger partial charge in [0.2, 0.25) is 0 Å². The molecule has 110 valence electrons. The third-order valence-corrected chi connectivity index (χ3v) is 6.33. The lowest BCUT2D eigenvalue weighted by molar-refractivity contribution is 0.0693. The van der Waals surface area contributed by atoms with E-state index in [0.717, 1.165) is 5.56 Å². The summed E-state index contributed by atoms with van der Waals surface area (Å²) in [5, 5.41) is -0.525. The van der Waals surface area contributed by atoms with Gasteiger partial charge in [-0.2, -0.15) is 0 Å². The Kier molecular flexibility index (Phi) is 4.15. The zero-order valence-electron chi connectivity index (χ0n) is 11.7. The third kappa shape index (κ3) is 2.71. The molecular formula is C14H20N2O3S. The lowest BCUT2D eigenvalue weighted by atomic mass is 10.1. The minimum Gasteiger partial charge on any atom is -0.334 e. The van der Waals surface area contributed by atoms with Crippen LogP contribution >= 0.6 is 0 Å². The molecule has 0 bridgehead atoms. The van der Waals surface area contributed by atoms with Crippen LogP contribution in [0.15, 0.2) is 24.3 Å². The molecule has 1 fully saturated rings. The molecule has 0 aliphatic carbocycles. The van der Waals surface area contributed by atoms with Crippen molar-refractivity contribution in [3.63, 3.8) is 0 Å². The Balaban J connectivity index is 2.20. The molecule has 0 radical (unpaired) electrons. The van der Waals surface area contributed by atoms with Crippen molar-refractivity contribution in [3.8, 4) is 0 Å². The quantitative estimate of drug-likeness (QED) is 0.875. The van der Waals surface area contributed by atoms with E-state index < -0.39 is 15.1 Å². The van der Waals surface area contributed by atoms with Gasteiger partial charge in [0.05, 0.1) is 11.0 Å². The molecule has 0 spiro atoms. The first kappa shape index (κ1) is 15.0. The minimum atomic E-state index is -3.08. The molecule has 2 N–H and O–H groups in total. The van der Waals surface area contributed by atoms with Crippen LogP contribution in [0.5, 0.6) is 0 Å². The van der Waals surface area contributed by atoms with Gasteiger partial charge in [0.25, 0.3) is 5.91 Å². The largest absolute Gasteiger partial charge is 0.334 e. The summed E-state index contributed by atoms with van der Waals surface area (Å²) in [4.78, 5) is 14.1. The Hall–Kier alpha value is -1.40. The molecule has 1 aromatic rings. The Labute approximate surface area is 119 Å². The lowest BCUT2D eigenvalue weighted by Crippen LogP contribution is -2.54. The van der Waals surface area contributed by atoms with Gasteiger partial charge in [0, 0.05) is 24.7 Å². The molecule has 1 heterocycles. The summed E-state index contributed by atoms with van der Waals surface area (Å²) in [6.07, 6.45) is 0. The van der Waals surface area contributed by atoms with Crippen LogP contribution in [-0.4, -0.2) is 42.8 Å². The van der Waals surface area contributed by atoms with E-state index >= 15 is 0 Å². The van der Waals surface area contributed by atoms with Gasteiger partial charge < -0.3 is 10.6 Å². The summed E-state index contributed by atoms with van der Waals surface area (Å²) in [5.41, 5.74) is 7.06. The zero-order chi connectivity index (χ0) is 14.9. The normalized spacial score (nSPS) is 25.4. The fourth-order valence-corrected chi connectivity index (χ4v) is 3.97. The first-order valence-corrected chi connectivity index (χ1v) is 8.40. The van der Waals surface area contributed by atoms with Gasteiger partial charge in [0.1, 0.15) is 0 Å². The van der Waals surface area contributed by atoms with Crippen molar-refractivity contribution >= 4 is 15.7 Å². The van der Waals surface area contributed by atoms with Crippen molar-refractivity contribution < 1.29 is 13.2 Å². The van der Waals surface area contributed by atoms with Gasteiger partial charge in [0.15, 0.2) is 9.84 Å². The summed E-state index contributed by atoms with van der Waals surface area (Å²) >= 11 is 0. The number of sulfone groups is 1. The maximum Gasteiger partial charge on any atom is 0.254 e. The fourth-order valence-electron chi connectivity index (χ4n) is 2.40. The van der Waals surface area contributed by atoms with Crippen LogP contribution in [0.1, 0.15) is 29.8 Å². The van der Waals surface area contributed by atoms with E-state index in [1.165, 1.54) is 0 Å². The van der Waals surface area contributed by atoms with Gasteiger partial charge in [-0.1, -0.05) is 12.1 Å². The van der Waals surface area contributed by atoms with Crippen LogP contribution < -0.4 is 5.73 Å². The van der Waals surface area contributed by atoms with E-state index in [9.17, 15) is 13.2 Å². The van der Waals surface area contributed by atoms with Gasteiger partial charge in [-0.15, -0.1) is 0 Å². The maximum absolute atomic E-state index is 12.5. The number of nitrogens with zero attached hydrogens (tertiary/aromatic N) is 1. The third-order valence-electron chi connectivity index (χ3n) is 4.05. The Morgan fingerprint density at radius 3 is 2.45 bits per heavy atom. The smallest absolute Gasteiger partial charge is 0.254 e. The summed E-state index contributed by atoms with van der Waals surface area (Å²) in [5.74, 6) is -0.0895. The number of hydrogen-bond acceptors (Lipinski definition) is 4. The second kappa shape index (κ2) is 5.54. The summed E-state index contributed by atoms with van der Waals surface area (Å²) in [7, 11) is -3.08. The highest BCUT2D eigenvalue weighted by atomic mass is 32.2. The summed E-state index contributed by atoms with van der Waals surface area (Å²) in [6, 6.07) is 6.82. The van der Waals surface area contributed by atoms with Gasteiger partial charge in [-0.25, -0.2) is 8.42 Å². The molecule has 2 atom stereocenters. The van der Waals surface area contributed by atoms with Gasteiger partial charge in [-0.05, 0) is 31.5 Å². The first-order valence-electron chi connectivity index (χ1n) is 6.68. The predicted octanol–water partition coefficient (Wildman–Crippen LogP) is 0.793. The molecular weight excluding hydrogens is 276 g/mol. The number of carbonyl (C=O) groups excluding carboxylic acids is 1. The fraction of sp³-hybridized carbons (Fsp3) is 0.500. The van der Waals surface area contributed by atoms with Crippen molar-refractivity contribution in [1.29, 1.82) is 0 Å². The SMILES string of the molecule is CC1C(C)S(=O)(=O)CCN1C(=O)c1ccc(CN)cc1. The molecule has 1 amide bonds. The molecule has 1 saturated heterocycles. The van der Waals surface area contributed by atoms with E-state index in [2.05, 4.69) is 0 Å². The molecule has 1 aromatic carbocycles. The van der Waals surface area contributed by atoms with Gasteiger partial charge in [-0.3, -0.25) is 4.79 Å². The maximum atomic E-state index is 12.5. The minimum absolute atomic E-state index is 0.0329. The van der Waals surface area contributed by atoms with Crippen LogP contribution in [0.4, 0.5) is 0 Å². The van der Waals surface area contributed by atoms with Crippen LogP contribution in [0.2, 0.25) is 0 Å². The van der Waals surface area contributed by atoms with E-state index in [1.54, 1.807) is 30.9 Å². The number of rotatable bonds is 2. The number of hydrogen-bond donors (Lipinski definition) is 1. The molecule has 1 aliphatic heterocycles. The molecule has 6 heteroatoms. The molecule has 2 unspecified atom stereocenters. The molecule has 2 rings (SSSR count). The van der Waals surface area contributed by atoms with Crippen molar-refractivity contribution in [2.75, 3.05) is 12.3 Å². The van der Waals surface area contributed by atoms with Crippen LogP contribution in [0.3, 0.4) is 0 Å². The van der Waals surface area contributed by atoms with E-state index in [0.29, 0.717) is 12.1 Å². The average molecular weight is 296 g/mol. The standard InChI is InChI=1S/C14H20N2O3S/c1-10-11(2)20(18,19)8-7-16(10)14(17)13-5-3-12(9-15)4-6-13/h3-6,10-11H,7-9,15H2,1-2H3. The van der Waals surface area contributed by atoms with Crippen molar-refractivity contribution in [2.24, 2.45) is 5.73 Å². The van der Waals surface area contributed by atoms with Gasteiger partial charge >= 0.3 is 0 Å². The predicted molar refractivity (Wildman–Crippen MR) is 78.1 cm³/mol. The van der Waals surface area contributed by atoms with E-state index in [4.69, 9.17) is 5.73 Å². The number of carbonyl (C=O) groups is 1. The second-order valence-corrected chi connectivity index (χ2v) is 7.69. The average Bonchev–Trinajstić information content (AvgIpc) is 2.44. The van der Waals surface area contributed by atoms with Crippen molar-refractivity contribution in [2.45, 2.75) is 31.7 Å². The highest BCUT2D eigenvalue weighted by Crippen LogP contribution is 2.21. The molecule has 1 aliphatic rings. The molecule has 0 aromatic heterocycles. The zero-order valence-corrected chi connectivity index (χ0v) is 12.6. The van der Waals surface area contributed by atoms with Crippen molar-refractivity contribution in [3.05, 3.63) is 35.4 Å². The molecule has 20 heavy (non-hydrogen) atoms. The summed E-state index contributed by atoms with van der Waals surface area (Å²) < 4.78 is 23.7.